The van der Waals surface area contributed by atoms with E-state index in [0.29, 0.717) is 16.5 Å². The highest BCUT2D eigenvalue weighted by molar-refractivity contribution is 7.92. The molecule has 3 aromatic carbocycles. The van der Waals surface area contributed by atoms with Gasteiger partial charge in [0.15, 0.2) is 0 Å². The van der Waals surface area contributed by atoms with E-state index >= 15 is 0 Å². The molecule has 2 amide bonds. The zero-order chi connectivity index (χ0) is 30.3. The highest BCUT2D eigenvalue weighted by Gasteiger charge is 2.34. The summed E-state index contributed by atoms with van der Waals surface area (Å²) in [6.07, 6.45) is 1.06. The molecule has 2 unspecified atom stereocenters. The van der Waals surface area contributed by atoms with E-state index in [0.717, 1.165) is 27.4 Å². The summed E-state index contributed by atoms with van der Waals surface area (Å²) in [7, 11) is -4.17. The van der Waals surface area contributed by atoms with Crippen molar-refractivity contribution < 1.29 is 18.0 Å². The molecule has 3 aromatic rings. The molecular weight excluding hydrogens is 581 g/mol. The van der Waals surface area contributed by atoms with Crippen molar-refractivity contribution in [2.75, 3.05) is 10.8 Å². The zero-order valence-electron chi connectivity index (χ0n) is 24.0. The van der Waals surface area contributed by atoms with Gasteiger partial charge in [-0.3, -0.25) is 13.9 Å². The summed E-state index contributed by atoms with van der Waals surface area (Å²) in [5.41, 5.74) is 2.67. The number of amides is 2. The Kier molecular flexibility index (Phi) is 11.2. The molecule has 0 aliphatic carbocycles. The first-order chi connectivity index (χ1) is 19.4. The van der Waals surface area contributed by atoms with Crippen LogP contribution in [0.4, 0.5) is 5.69 Å². The number of aryl methyl sites for hydroxylation is 2. The summed E-state index contributed by atoms with van der Waals surface area (Å²) < 4.78 is 29.0. The lowest BCUT2D eigenvalue weighted by Crippen LogP contribution is -2.53. The maximum absolute atomic E-state index is 14.1. The standard InChI is InChI=1S/C31H37Cl2N3O4S/c1-6-23(5)34-31(38)29(7-2)35(19-24-11-13-25(32)14-12-24)30(37)20-36(26-15-10-22(4)28(33)18-26)41(39,40)27-16-8-21(3)9-17-27/h8-18,23,29H,6-7,19-20H2,1-5H3,(H,34,38). The van der Waals surface area contributed by atoms with Gasteiger partial charge in [-0.1, -0.05) is 72.9 Å². The molecule has 0 aliphatic rings. The van der Waals surface area contributed by atoms with E-state index in [-0.39, 0.29) is 29.1 Å². The number of halogens is 2. The van der Waals surface area contributed by atoms with Crippen molar-refractivity contribution in [2.24, 2.45) is 0 Å². The number of rotatable bonds is 12. The van der Waals surface area contributed by atoms with Gasteiger partial charge in [-0.2, -0.15) is 0 Å². The Balaban J connectivity index is 2.08. The summed E-state index contributed by atoms with van der Waals surface area (Å²) in [5.74, 6) is -0.825. The molecule has 0 aromatic heterocycles. The fraction of sp³-hybridized carbons (Fsp3) is 0.355. The topological polar surface area (TPSA) is 86.8 Å². The van der Waals surface area contributed by atoms with Crippen LogP contribution in [-0.2, 0) is 26.2 Å². The molecule has 0 saturated carbocycles. The maximum Gasteiger partial charge on any atom is 0.264 e. The van der Waals surface area contributed by atoms with Crippen LogP contribution in [0, 0.1) is 13.8 Å². The van der Waals surface area contributed by atoms with Gasteiger partial charge in [0.1, 0.15) is 12.6 Å². The molecule has 0 bridgehead atoms. The van der Waals surface area contributed by atoms with Crippen LogP contribution in [-0.4, -0.2) is 43.8 Å². The van der Waals surface area contributed by atoms with E-state index < -0.39 is 28.5 Å². The van der Waals surface area contributed by atoms with Crippen LogP contribution in [0.1, 0.15) is 50.3 Å². The van der Waals surface area contributed by atoms with Gasteiger partial charge < -0.3 is 10.2 Å². The predicted molar refractivity (Wildman–Crippen MR) is 166 cm³/mol. The molecule has 1 N–H and O–H groups in total. The average molecular weight is 619 g/mol. The molecule has 0 spiro atoms. The molecule has 0 fully saturated rings. The highest BCUT2D eigenvalue weighted by atomic mass is 35.5. The third kappa shape index (κ3) is 8.24. The zero-order valence-corrected chi connectivity index (χ0v) is 26.4. The van der Waals surface area contributed by atoms with Gasteiger partial charge >= 0.3 is 0 Å². The van der Waals surface area contributed by atoms with Crippen molar-refractivity contribution in [1.29, 1.82) is 0 Å². The summed E-state index contributed by atoms with van der Waals surface area (Å²) in [6.45, 7) is 8.92. The fourth-order valence-corrected chi connectivity index (χ4v) is 5.96. The molecule has 0 radical (unpaired) electrons. The van der Waals surface area contributed by atoms with Gasteiger partial charge in [0.2, 0.25) is 11.8 Å². The molecule has 3 rings (SSSR count). The van der Waals surface area contributed by atoms with Crippen LogP contribution in [0.2, 0.25) is 10.0 Å². The van der Waals surface area contributed by atoms with Gasteiger partial charge in [0.25, 0.3) is 10.0 Å². The second-order valence-corrected chi connectivity index (χ2v) is 12.9. The van der Waals surface area contributed by atoms with Crippen molar-refractivity contribution >= 4 is 50.7 Å². The highest BCUT2D eigenvalue weighted by Crippen LogP contribution is 2.29. The quantitative estimate of drug-likeness (QED) is 0.250. The first-order valence-corrected chi connectivity index (χ1v) is 15.8. The number of sulfonamides is 1. The summed E-state index contributed by atoms with van der Waals surface area (Å²) in [5, 5.41) is 3.88. The lowest BCUT2D eigenvalue weighted by molar-refractivity contribution is -0.140. The first kappa shape index (κ1) is 32.4. The predicted octanol–water partition coefficient (Wildman–Crippen LogP) is 6.53. The SMILES string of the molecule is CCC(C)NC(=O)C(CC)N(Cc1ccc(Cl)cc1)C(=O)CN(c1ccc(C)c(Cl)c1)S(=O)(=O)c1ccc(C)cc1. The minimum absolute atomic E-state index is 0.0402. The van der Waals surface area contributed by atoms with Crippen LogP contribution in [0.15, 0.2) is 71.6 Å². The van der Waals surface area contributed by atoms with E-state index in [1.54, 1.807) is 48.5 Å². The molecule has 0 heterocycles. The van der Waals surface area contributed by atoms with Gasteiger partial charge in [0.05, 0.1) is 10.6 Å². The van der Waals surface area contributed by atoms with Crippen molar-refractivity contribution in [2.45, 2.75) is 71.0 Å². The number of nitrogens with one attached hydrogen (secondary N) is 1. The van der Waals surface area contributed by atoms with Gasteiger partial charge in [-0.25, -0.2) is 8.42 Å². The van der Waals surface area contributed by atoms with Gasteiger partial charge in [0, 0.05) is 22.6 Å². The second kappa shape index (κ2) is 14.2. The molecule has 10 heteroatoms. The Morgan fingerprint density at radius 2 is 1.54 bits per heavy atom. The number of carbonyl (C=O) groups excluding carboxylic acids is 2. The third-order valence-corrected chi connectivity index (χ3v) is 9.43. The average Bonchev–Trinajstić information content (AvgIpc) is 2.94. The lowest BCUT2D eigenvalue weighted by Gasteiger charge is -2.33. The molecule has 0 saturated heterocycles. The number of hydrogen-bond donors (Lipinski definition) is 1. The van der Waals surface area contributed by atoms with Crippen molar-refractivity contribution in [1.82, 2.24) is 10.2 Å². The normalized spacial score (nSPS) is 12.9. The van der Waals surface area contributed by atoms with Crippen LogP contribution >= 0.6 is 23.2 Å². The Morgan fingerprint density at radius 1 is 0.902 bits per heavy atom. The van der Waals surface area contributed by atoms with Crippen LogP contribution in [0.25, 0.3) is 0 Å². The molecular formula is C31H37Cl2N3O4S. The van der Waals surface area contributed by atoms with Crippen LogP contribution in [0.3, 0.4) is 0 Å². The molecule has 2 atom stereocenters. The maximum atomic E-state index is 14.1. The number of carbonyl (C=O) groups is 2. The minimum Gasteiger partial charge on any atom is -0.352 e. The van der Waals surface area contributed by atoms with E-state index in [9.17, 15) is 18.0 Å². The Bertz CT molecular complexity index is 1460. The summed E-state index contributed by atoms with van der Waals surface area (Å²) >= 11 is 12.5. The smallest absolute Gasteiger partial charge is 0.264 e. The van der Waals surface area contributed by atoms with E-state index in [1.807, 2.05) is 34.6 Å². The summed E-state index contributed by atoms with van der Waals surface area (Å²) in [6, 6.07) is 17.4. The number of nitrogens with zero attached hydrogens (tertiary/aromatic N) is 2. The third-order valence-electron chi connectivity index (χ3n) is 6.98. The number of benzene rings is 3. The Hall–Kier alpha value is -3.07. The van der Waals surface area contributed by atoms with E-state index in [2.05, 4.69) is 5.32 Å². The fourth-order valence-electron chi connectivity index (χ4n) is 4.25. The van der Waals surface area contributed by atoms with Crippen LogP contribution in [0.5, 0.6) is 0 Å². The van der Waals surface area contributed by atoms with Crippen LogP contribution < -0.4 is 9.62 Å². The van der Waals surface area contributed by atoms with Crippen molar-refractivity contribution in [3.05, 3.63) is 93.5 Å². The van der Waals surface area contributed by atoms with Gasteiger partial charge in [-0.15, -0.1) is 0 Å². The van der Waals surface area contributed by atoms with Crippen molar-refractivity contribution in [3.63, 3.8) is 0 Å². The lowest BCUT2D eigenvalue weighted by atomic mass is 10.1. The summed E-state index contributed by atoms with van der Waals surface area (Å²) in [4.78, 5) is 28.9. The second-order valence-electron chi connectivity index (χ2n) is 10.1. The molecule has 220 valence electrons. The van der Waals surface area contributed by atoms with E-state index in [1.165, 1.54) is 23.1 Å². The monoisotopic (exact) mass is 617 g/mol. The molecule has 7 nitrogen and oxygen atoms in total. The van der Waals surface area contributed by atoms with Crippen molar-refractivity contribution in [3.8, 4) is 0 Å². The van der Waals surface area contributed by atoms with Gasteiger partial charge in [-0.05, 0) is 81.1 Å². The molecule has 0 aliphatic heterocycles. The first-order valence-electron chi connectivity index (χ1n) is 13.6. The van der Waals surface area contributed by atoms with E-state index in [4.69, 9.17) is 23.2 Å². The Labute approximate surface area is 253 Å². The number of anilines is 1. The Morgan fingerprint density at radius 3 is 2.10 bits per heavy atom. The molecule has 41 heavy (non-hydrogen) atoms. The minimum atomic E-state index is -4.17. The number of hydrogen-bond acceptors (Lipinski definition) is 4. The largest absolute Gasteiger partial charge is 0.352 e.